The minimum absolute atomic E-state index is 0.475. The van der Waals surface area contributed by atoms with Crippen LogP contribution in [0.15, 0.2) is 10.3 Å². The van der Waals surface area contributed by atoms with Gasteiger partial charge in [0.2, 0.25) is 10.0 Å². The highest BCUT2D eigenvalue weighted by atomic mass is 32.2. The van der Waals surface area contributed by atoms with Gasteiger partial charge in [-0.25, -0.2) is 13.1 Å². The number of rotatable bonds is 6. The van der Waals surface area contributed by atoms with Crippen molar-refractivity contribution < 1.29 is 8.42 Å². The Labute approximate surface area is 126 Å². The standard InChI is InChI=1S/C14H24N2O2S2/c1-10-5-4-6-12(10)7-16-20(17,18)14-11(2)9-19-13(14)8-15-3/h9-10,12,15-16H,4-8H2,1-3H3. The van der Waals surface area contributed by atoms with Crippen molar-refractivity contribution in [3.63, 3.8) is 0 Å². The lowest BCUT2D eigenvalue weighted by Gasteiger charge is -2.16. The molecule has 0 saturated heterocycles. The summed E-state index contributed by atoms with van der Waals surface area (Å²) in [4.78, 5) is 1.36. The summed E-state index contributed by atoms with van der Waals surface area (Å²) in [7, 11) is -1.56. The fourth-order valence-corrected chi connectivity index (χ4v) is 5.86. The zero-order valence-electron chi connectivity index (χ0n) is 12.4. The van der Waals surface area contributed by atoms with Crippen LogP contribution in [0.25, 0.3) is 0 Å². The van der Waals surface area contributed by atoms with Crippen molar-refractivity contribution in [2.45, 2.75) is 44.6 Å². The molecule has 2 atom stereocenters. The number of hydrogen-bond donors (Lipinski definition) is 2. The van der Waals surface area contributed by atoms with E-state index < -0.39 is 10.0 Å². The maximum Gasteiger partial charge on any atom is 0.241 e. The van der Waals surface area contributed by atoms with E-state index in [-0.39, 0.29) is 0 Å². The van der Waals surface area contributed by atoms with Crippen LogP contribution < -0.4 is 10.0 Å². The quantitative estimate of drug-likeness (QED) is 0.848. The first-order valence-corrected chi connectivity index (χ1v) is 9.53. The van der Waals surface area contributed by atoms with Gasteiger partial charge in [0.1, 0.15) is 4.90 Å². The molecule has 1 aliphatic carbocycles. The summed E-state index contributed by atoms with van der Waals surface area (Å²) in [5, 5.41) is 4.95. The summed E-state index contributed by atoms with van der Waals surface area (Å²) < 4.78 is 27.9. The lowest BCUT2D eigenvalue weighted by atomic mass is 9.99. The van der Waals surface area contributed by atoms with Gasteiger partial charge in [0.05, 0.1) is 0 Å². The molecular formula is C14H24N2O2S2. The van der Waals surface area contributed by atoms with Crippen LogP contribution in [0.4, 0.5) is 0 Å². The molecule has 1 aromatic rings. The first-order valence-electron chi connectivity index (χ1n) is 7.17. The topological polar surface area (TPSA) is 58.2 Å². The Morgan fingerprint density at radius 3 is 2.75 bits per heavy atom. The third-order valence-corrected chi connectivity index (χ3v) is 7.06. The molecule has 2 unspecified atom stereocenters. The minimum Gasteiger partial charge on any atom is -0.315 e. The predicted molar refractivity (Wildman–Crippen MR) is 83.5 cm³/mol. The Hall–Kier alpha value is -0.430. The molecule has 1 heterocycles. The molecular weight excluding hydrogens is 292 g/mol. The third kappa shape index (κ3) is 3.42. The van der Waals surface area contributed by atoms with E-state index in [4.69, 9.17) is 0 Å². The molecule has 0 bridgehead atoms. The molecule has 1 aliphatic rings. The number of sulfonamides is 1. The lowest BCUT2D eigenvalue weighted by Crippen LogP contribution is -2.31. The van der Waals surface area contributed by atoms with Crippen molar-refractivity contribution >= 4 is 21.4 Å². The van der Waals surface area contributed by atoms with Crippen molar-refractivity contribution in [2.75, 3.05) is 13.6 Å². The van der Waals surface area contributed by atoms with E-state index >= 15 is 0 Å². The van der Waals surface area contributed by atoms with Gasteiger partial charge >= 0.3 is 0 Å². The average molecular weight is 316 g/mol. The molecule has 1 fully saturated rings. The van der Waals surface area contributed by atoms with Crippen molar-refractivity contribution in [3.8, 4) is 0 Å². The Bertz CT molecular complexity index is 552. The molecule has 2 rings (SSSR count). The van der Waals surface area contributed by atoms with Gasteiger partial charge in [-0.1, -0.05) is 19.8 Å². The SMILES string of the molecule is CNCc1scc(C)c1S(=O)(=O)NCC1CCCC1C. The van der Waals surface area contributed by atoms with Gasteiger partial charge in [-0.2, -0.15) is 0 Å². The van der Waals surface area contributed by atoms with Crippen LogP contribution in [-0.4, -0.2) is 22.0 Å². The van der Waals surface area contributed by atoms with Gasteiger partial charge in [0.25, 0.3) is 0 Å². The molecule has 6 heteroatoms. The van der Waals surface area contributed by atoms with Gasteiger partial charge < -0.3 is 5.32 Å². The van der Waals surface area contributed by atoms with Gasteiger partial charge in [-0.05, 0) is 43.2 Å². The second kappa shape index (κ2) is 6.56. The number of aryl methyl sites for hydroxylation is 1. The highest BCUT2D eigenvalue weighted by molar-refractivity contribution is 7.89. The molecule has 2 N–H and O–H groups in total. The van der Waals surface area contributed by atoms with E-state index in [1.807, 2.05) is 19.4 Å². The molecule has 0 aliphatic heterocycles. The van der Waals surface area contributed by atoms with E-state index in [1.165, 1.54) is 24.2 Å². The molecule has 1 aromatic heterocycles. The van der Waals surface area contributed by atoms with Crippen molar-refractivity contribution in [2.24, 2.45) is 11.8 Å². The van der Waals surface area contributed by atoms with Crippen molar-refractivity contribution in [1.82, 2.24) is 10.0 Å². The predicted octanol–water partition coefficient (Wildman–Crippen LogP) is 2.49. The monoisotopic (exact) mass is 316 g/mol. The third-order valence-electron chi connectivity index (χ3n) is 4.17. The second-order valence-corrected chi connectivity index (χ2v) is 8.39. The lowest BCUT2D eigenvalue weighted by molar-refractivity contribution is 0.414. The molecule has 1 saturated carbocycles. The van der Waals surface area contributed by atoms with E-state index in [9.17, 15) is 8.42 Å². The van der Waals surface area contributed by atoms with Crippen LogP contribution in [0.3, 0.4) is 0 Å². The van der Waals surface area contributed by atoms with Gasteiger partial charge in [-0.3, -0.25) is 0 Å². The molecule has 114 valence electrons. The number of thiophene rings is 1. The van der Waals surface area contributed by atoms with E-state index in [1.54, 1.807) is 0 Å². The maximum atomic E-state index is 12.5. The highest BCUT2D eigenvalue weighted by Gasteiger charge is 2.27. The molecule has 0 radical (unpaired) electrons. The largest absolute Gasteiger partial charge is 0.315 e. The van der Waals surface area contributed by atoms with Gasteiger partial charge in [0.15, 0.2) is 0 Å². The van der Waals surface area contributed by atoms with Crippen LogP contribution in [-0.2, 0) is 16.6 Å². The summed E-state index contributed by atoms with van der Waals surface area (Å²) in [6.45, 7) is 5.24. The summed E-state index contributed by atoms with van der Waals surface area (Å²) in [6, 6.07) is 0. The zero-order valence-corrected chi connectivity index (χ0v) is 14.0. The molecule has 4 nitrogen and oxygen atoms in total. The first-order chi connectivity index (χ1) is 9.45. The normalized spacial score (nSPS) is 23.4. The summed E-state index contributed by atoms with van der Waals surface area (Å²) in [5.74, 6) is 1.11. The summed E-state index contributed by atoms with van der Waals surface area (Å²) in [5.41, 5.74) is 0.840. The Morgan fingerprint density at radius 1 is 1.40 bits per heavy atom. The van der Waals surface area contributed by atoms with E-state index in [0.29, 0.717) is 29.8 Å². The van der Waals surface area contributed by atoms with E-state index in [2.05, 4.69) is 17.0 Å². The van der Waals surface area contributed by atoms with E-state index in [0.717, 1.165) is 16.9 Å². The minimum atomic E-state index is -3.39. The van der Waals surface area contributed by atoms with Crippen molar-refractivity contribution in [1.29, 1.82) is 0 Å². The Balaban J connectivity index is 2.12. The molecule has 20 heavy (non-hydrogen) atoms. The van der Waals surface area contributed by atoms with Gasteiger partial charge in [0, 0.05) is 18.0 Å². The van der Waals surface area contributed by atoms with Crippen LogP contribution in [0.2, 0.25) is 0 Å². The number of nitrogens with one attached hydrogen (secondary N) is 2. The Morgan fingerprint density at radius 2 is 2.15 bits per heavy atom. The Kier molecular flexibility index (Phi) is 5.23. The van der Waals surface area contributed by atoms with Crippen LogP contribution >= 0.6 is 11.3 Å². The molecule has 0 spiro atoms. The average Bonchev–Trinajstić information content (AvgIpc) is 2.94. The molecule has 0 amide bonds. The first kappa shape index (κ1) is 15.9. The summed E-state index contributed by atoms with van der Waals surface area (Å²) >= 11 is 1.50. The highest BCUT2D eigenvalue weighted by Crippen LogP contribution is 2.31. The maximum absolute atomic E-state index is 12.5. The molecule has 0 aromatic carbocycles. The fourth-order valence-electron chi connectivity index (χ4n) is 2.95. The van der Waals surface area contributed by atoms with Crippen LogP contribution in [0, 0.1) is 18.8 Å². The second-order valence-electron chi connectivity index (χ2n) is 5.72. The fraction of sp³-hybridized carbons (Fsp3) is 0.714. The summed E-state index contributed by atoms with van der Waals surface area (Å²) in [6.07, 6.45) is 3.57. The van der Waals surface area contributed by atoms with Crippen molar-refractivity contribution in [3.05, 3.63) is 15.8 Å². The van der Waals surface area contributed by atoms with Gasteiger partial charge in [-0.15, -0.1) is 11.3 Å². The zero-order chi connectivity index (χ0) is 14.8. The smallest absolute Gasteiger partial charge is 0.241 e. The van der Waals surface area contributed by atoms with Crippen LogP contribution in [0.1, 0.15) is 36.6 Å². The van der Waals surface area contributed by atoms with Crippen LogP contribution in [0.5, 0.6) is 0 Å². The number of hydrogen-bond acceptors (Lipinski definition) is 4.